The van der Waals surface area contributed by atoms with Crippen molar-refractivity contribution in [3.8, 4) is 0 Å². The first-order valence-electron chi connectivity index (χ1n) is 11.4. The van der Waals surface area contributed by atoms with E-state index in [1.165, 1.54) is 22.3 Å². The minimum absolute atomic E-state index is 0.270. The van der Waals surface area contributed by atoms with E-state index in [9.17, 15) is 9.59 Å². The van der Waals surface area contributed by atoms with Crippen molar-refractivity contribution >= 4 is 24.1 Å². The molecule has 0 atom stereocenters. The van der Waals surface area contributed by atoms with Crippen molar-refractivity contribution in [1.29, 1.82) is 0 Å². The lowest BCUT2D eigenvalue weighted by Gasteiger charge is -2.15. The van der Waals surface area contributed by atoms with Crippen LogP contribution in [0.1, 0.15) is 61.1 Å². The summed E-state index contributed by atoms with van der Waals surface area (Å²) in [6, 6.07) is 13.1. The van der Waals surface area contributed by atoms with Crippen molar-refractivity contribution in [3.63, 3.8) is 0 Å². The Bertz CT molecular complexity index is 974. The van der Waals surface area contributed by atoms with Gasteiger partial charge in [-0.15, -0.1) is 0 Å². The zero-order valence-electron chi connectivity index (χ0n) is 19.5. The quantitative estimate of drug-likeness (QED) is 0.447. The standard InChI is InChI=1S/C28H32O4/c1-5-31-27(29)19(3)15-25-17-21-7-11-23(25)13-9-22-8-12-24(14-10-21)26(18-22)16-20(4)28(30)32-6-2/h7-8,11-12,15-18H,5-6,9-10,13-14H2,1-4H3/b19-15+,20-16+. The first-order chi connectivity index (χ1) is 15.4. The highest BCUT2D eigenvalue weighted by Crippen LogP contribution is 2.24. The molecule has 2 aromatic carbocycles. The summed E-state index contributed by atoms with van der Waals surface area (Å²) in [5.41, 5.74) is 8.26. The summed E-state index contributed by atoms with van der Waals surface area (Å²) in [7, 11) is 0. The molecule has 0 saturated carbocycles. The van der Waals surface area contributed by atoms with Crippen LogP contribution in [0.3, 0.4) is 0 Å². The maximum atomic E-state index is 12.1. The minimum atomic E-state index is -0.270. The SMILES string of the molecule is CCOC(=O)/C(C)=C/c1cc2ccc1CCc1ccc(c(/C=C(\C)C(=O)OCC)c1)CC2. The van der Waals surface area contributed by atoms with Crippen LogP contribution in [0.5, 0.6) is 0 Å². The Morgan fingerprint density at radius 2 is 1.12 bits per heavy atom. The normalized spacial score (nSPS) is 14.0. The Morgan fingerprint density at radius 3 is 1.50 bits per heavy atom. The summed E-state index contributed by atoms with van der Waals surface area (Å²) in [4.78, 5) is 24.2. The minimum Gasteiger partial charge on any atom is -0.463 e. The van der Waals surface area contributed by atoms with Crippen LogP contribution in [0.15, 0.2) is 47.5 Å². The van der Waals surface area contributed by atoms with Gasteiger partial charge < -0.3 is 9.47 Å². The highest BCUT2D eigenvalue weighted by molar-refractivity contribution is 5.93. The topological polar surface area (TPSA) is 52.6 Å². The van der Waals surface area contributed by atoms with Gasteiger partial charge in [-0.3, -0.25) is 0 Å². The van der Waals surface area contributed by atoms with E-state index in [0.717, 1.165) is 36.8 Å². The van der Waals surface area contributed by atoms with Crippen molar-refractivity contribution in [2.45, 2.75) is 53.4 Å². The predicted octanol–water partition coefficient (Wildman–Crippen LogP) is 5.50. The monoisotopic (exact) mass is 432 g/mol. The molecule has 0 saturated heterocycles. The molecule has 4 aliphatic carbocycles. The van der Waals surface area contributed by atoms with Gasteiger partial charge in [0.25, 0.3) is 0 Å². The van der Waals surface area contributed by atoms with E-state index in [-0.39, 0.29) is 11.9 Å². The van der Waals surface area contributed by atoms with E-state index in [1.54, 1.807) is 13.8 Å². The Balaban J connectivity index is 1.93. The van der Waals surface area contributed by atoms with Crippen molar-refractivity contribution < 1.29 is 19.1 Å². The van der Waals surface area contributed by atoms with Gasteiger partial charge in [0.15, 0.2) is 0 Å². The molecule has 0 aliphatic heterocycles. The number of ether oxygens (including phenoxy) is 2. The summed E-state index contributed by atoms with van der Waals surface area (Å²) in [5.74, 6) is -0.540. The Kier molecular flexibility index (Phi) is 8.04. The molecule has 4 nitrogen and oxygen atoms in total. The maximum absolute atomic E-state index is 12.1. The average Bonchev–Trinajstić information content (AvgIpc) is 2.76. The summed E-state index contributed by atoms with van der Waals surface area (Å²) in [6.45, 7) is 7.99. The van der Waals surface area contributed by atoms with Crippen LogP contribution in [-0.2, 0) is 44.7 Å². The van der Waals surface area contributed by atoms with Gasteiger partial charge in [0.2, 0.25) is 0 Å². The lowest BCUT2D eigenvalue weighted by molar-refractivity contribution is -0.139. The van der Waals surface area contributed by atoms with E-state index >= 15 is 0 Å². The fourth-order valence-corrected chi connectivity index (χ4v) is 3.96. The van der Waals surface area contributed by atoms with E-state index in [4.69, 9.17) is 9.47 Å². The molecule has 0 N–H and O–H groups in total. The van der Waals surface area contributed by atoms with Crippen LogP contribution in [0.4, 0.5) is 0 Å². The third-order valence-corrected chi connectivity index (χ3v) is 5.73. The highest BCUT2D eigenvalue weighted by atomic mass is 16.5. The van der Waals surface area contributed by atoms with Crippen molar-refractivity contribution in [1.82, 2.24) is 0 Å². The van der Waals surface area contributed by atoms with E-state index in [2.05, 4.69) is 36.4 Å². The van der Waals surface area contributed by atoms with Crippen LogP contribution in [0.2, 0.25) is 0 Å². The zero-order valence-corrected chi connectivity index (χ0v) is 19.5. The van der Waals surface area contributed by atoms with Crippen LogP contribution in [-0.4, -0.2) is 25.2 Å². The Morgan fingerprint density at radius 1 is 0.719 bits per heavy atom. The first kappa shape index (κ1) is 23.5. The molecule has 0 amide bonds. The van der Waals surface area contributed by atoms with Gasteiger partial charge in [-0.2, -0.15) is 0 Å². The van der Waals surface area contributed by atoms with Crippen LogP contribution in [0.25, 0.3) is 12.2 Å². The molecule has 0 aromatic heterocycles. The number of hydrogen-bond donors (Lipinski definition) is 0. The molecule has 6 rings (SSSR count). The van der Waals surface area contributed by atoms with E-state index in [1.807, 2.05) is 26.0 Å². The molecule has 2 aromatic rings. The lowest BCUT2D eigenvalue weighted by atomic mass is 9.90. The van der Waals surface area contributed by atoms with E-state index < -0.39 is 0 Å². The molecule has 168 valence electrons. The van der Waals surface area contributed by atoms with Crippen LogP contribution >= 0.6 is 0 Å². The molecular weight excluding hydrogens is 400 g/mol. The smallest absolute Gasteiger partial charge is 0.333 e. The first-order valence-corrected chi connectivity index (χ1v) is 11.4. The Labute approximate surface area is 190 Å². The summed E-state index contributed by atoms with van der Waals surface area (Å²) >= 11 is 0. The number of carbonyl (C=O) groups excluding carboxylic acids is 2. The fourth-order valence-electron chi connectivity index (χ4n) is 3.96. The zero-order chi connectivity index (χ0) is 23.1. The lowest BCUT2D eigenvalue weighted by Crippen LogP contribution is -2.07. The summed E-state index contributed by atoms with van der Waals surface area (Å²) in [5, 5.41) is 0. The van der Waals surface area contributed by atoms with Gasteiger partial charge in [-0.05, 0) is 98.9 Å². The maximum Gasteiger partial charge on any atom is 0.333 e. The van der Waals surface area contributed by atoms with Gasteiger partial charge in [0.1, 0.15) is 0 Å². The molecule has 0 radical (unpaired) electrons. The summed E-state index contributed by atoms with van der Waals surface area (Å²) in [6.07, 6.45) is 7.36. The second kappa shape index (κ2) is 10.9. The molecule has 4 aliphatic rings. The molecule has 32 heavy (non-hydrogen) atoms. The van der Waals surface area contributed by atoms with E-state index in [0.29, 0.717) is 24.4 Å². The number of esters is 2. The molecule has 4 heteroatoms. The molecule has 0 spiro atoms. The average molecular weight is 433 g/mol. The summed E-state index contributed by atoms with van der Waals surface area (Å²) < 4.78 is 10.3. The predicted molar refractivity (Wildman–Crippen MR) is 128 cm³/mol. The molecular formula is C28H32O4. The van der Waals surface area contributed by atoms with Crippen molar-refractivity contribution in [3.05, 3.63) is 80.9 Å². The van der Waals surface area contributed by atoms with Crippen molar-refractivity contribution in [2.24, 2.45) is 0 Å². The molecule has 0 heterocycles. The number of aryl methyl sites for hydroxylation is 4. The third kappa shape index (κ3) is 5.97. The number of rotatable bonds is 6. The third-order valence-electron chi connectivity index (χ3n) is 5.73. The number of benzene rings is 2. The van der Waals surface area contributed by atoms with Gasteiger partial charge in [0, 0.05) is 11.1 Å². The molecule has 0 unspecified atom stereocenters. The van der Waals surface area contributed by atoms with Gasteiger partial charge in [0.05, 0.1) is 13.2 Å². The number of hydrogen-bond acceptors (Lipinski definition) is 4. The molecule has 0 fully saturated rings. The largest absolute Gasteiger partial charge is 0.463 e. The molecule has 4 bridgehead atoms. The fraction of sp³-hybridized carbons (Fsp3) is 0.357. The second-order valence-electron chi connectivity index (χ2n) is 8.16. The van der Waals surface area contributed by atoms with Crippen molar-refractivity contribution in [2.75, 3.05) is 13.2 Å². The number of carbonyl (C=O) groups is 2. The highest BCUT2D eigenvalue weighted by Gasteiger charge is 2.12. The van der Waals surface area contributed by atoms with Gasteiger partial charge in [-0.25, -0.2) is 9.59 Å². The van der Waals surface area contributed by atoms with Gasteiger partial charge in [-0.1, -0.05) is 36.4 Å². The second-order valence-corrected chi connectivity index (χ2v) is 8.16. The van der Waals surface area contributed by atoms with Crippen LogP contribution in [0, 0.1) is 0 Å². The van der Waals surface area contributed by atoms with Crippen LogP contribution < -0.4 is 0 Å². The van der Waals surface area contributed by atoms with Gasteiger partial charge >= 0.3 is 11.9 Å². The Hall–Kier alpha value is -3.14.